The standard InChI is InChI=1S/C20H40/c1-7-17(5)18(6)14-19-12-8-10-16(4)11-9-13-20(19)15(2)3/h15-20H,7-14H2,1-6H3. The molecule has 0 heteroatoms. The first-order valence-corrected chi connectivity index (χ1v) is 9.45. The third-order valence-electron chi connectivity index (χ3n) is 6.26. The molecule has 0 aromatic heterocycles. The summed E-state index contributed by atoms with van der Waals surface area (Å²) in [5.41, 5.74) is 0. The Morgan fingerprint density at radius 3 is 2.00 bits per heavy atom. The van der Waals surface area contributed by atoms with Crippen LogP contribution in [0.5, 0.6) is 0 Å². The molecule has 0 aromatic rings. The lowest BCUT2D eigenvalue weighted by Gasteiger charge is -2.33. The molecule has 0 saturated heterocycles. The third-order valence-corrected chi connectivity index (χ3v) is 6.26. The van der Waals surface area contributed by atoms with Crippen LogP contribution in [0.25, 0.3) is 0 Å². The van der Waals surface area contributed by atoms with E-state index in [0.29, 0.717) is 0 Å². The lowest BCUT2D eigenvalue weighted by Crippen LogP contribution is -2.24. The molecule has 5 unspecified atom stereocenters. The van der Waals surface area contributed by atoms with Crippen LogP contribution < -0.4 is 0 Å². The molecule has 0 heterocycles. The number of hydrogen-bond donors (Lipinski definition) is 0. The van der Waals surface area contributed by atoms with Crippen molar-refractivity contribution in [2.75, 3.05) is 0 Å². The molecular weight excluding hydrogens is 240 g/mol. The fourth-order valence-electron chi connectivity index (χ4n) is 4.31. The van der Waals surface area contributed by atoms with Crippen LogP contribution in [-0.4, -0.2) is 0 Å². The van der Waals surface area contributed by atoms with Gasteiger partial charge in [0.1, 0.15) is 0 Å². The molecule has 0 amide bonds. The third kappa shape index (κ3) is 5.78. The van der Waals surface area contributed by atoms with Crippen molar-refractivity contribution < 1.29 is 0 Å². The van der Waals surface area contributed by atoms with Gasteiger partial charge in [-0.05, 0) is 48.3 Å². The van der Waals surface area contributed by atoms with Gasteiger partial charge < -0.3 is 0 Å². The Labute approximate surface area is 129 Å². The quantitative estimate of drug-likeness (QED) is 0.512. The predicted molar refractivity (Wildman–Crippen MR) is 91.9 cm³/mol. The molecule has 0 aliphatic heterocycles. The topological polar surface area (TPSA) is 0 Å². The lowest BCUT2D eigenvalue weighted by atomic mass is 9.72. The normalized spacial score (nSPS) is 32.2. The second-order valence-corrected chi connectivity index (χ2v) is 8.23. The molecule has 0 spiro atoms. The lowest BCUT2D eigenvalue weighted by molar-refractivity contribution is 0.170. The van der Waals surface area contributed by atoms with E-state index in [0.717, 1.165) is 35.5 Å². The molecule has 20 heavy (non-hydrogen) atoms. The van der Waals surface area contributed by atoms with Gasteiger partial charge in [-0.2, -0.15) is 0 Å². The van der Waals surface area contributed by atoms with E-state index in [-0.39, 0.29) is 0 Å². The summed E-state index contributed by atoms with van der Waals surface area (Å²) in [6, 6.07) is 0. The van der Waals surface area contributed by atoms with Crippen LogP contribution >= 0.6 is 0 Å². The van der Waals surface area contributed by atoms with Crippen molar-refractivity contribution in [3.05, 3.63) is 0 Å². The fourth-order valence-corrected chi connectivity index (χ4v) is 4.31. The summed E-state index contributed by atoms with van der Waals surface area (Å²) in [6.07, 6.45) is 11.7. The second-order valence-electron chi connectivity index (χ2n) is 8.23. The first-order chi connectivity index (χ1) is 9.45. The van der Waals surface area contributed by atoms with Gasteiger partial charge in [0.25, 0.3) is 0 Å². The Morgan fingerprint density at radius 1 is 0.850 bits per heavy atom. The van der Waals surface area contributed by atoms with E-state index < -0.39 is 0 Å². The summed E-state index contributed by atoms with van der Waals surface area (Å²) in [5.74, 6) is 5.61. The Bertz CT molecular complexity index is 242. The number of rotatable bonds is 5. The van der Waals surface area contributed by atoms with Gasteiger partial charge in [0.05, 0.1) is 0 Å². The second kappa shape index (κ2) is 9.11. The fraction of sp³-hybridized carbons (Fsp3) is 1.00. The molecule has 1 fully saturated rings. The zero-order valence-corrected chi connectivity index (χ0v) is 15.1. The molecule has 0 radical (unpaired) electrons. The van der Waals surface area contributed by atoms with Gasteiger partial charge in [-0.3, -0.25) is 0 Å². The molecule has 0 nitrogen and oxygen atoms in total. The SMILES string of the molecule is CCC(C)C(C)CC1CCCC(C)CCCC1C(C)C. The molecule has 0 N–H and O–H groups in total. The van der Waals surface area contributed by atoms with E-state index >= 15 is 0 Å². The minimum atomic E-state index is 0.873. The van der Waals surface area contributed by atoms with Gasteiger partial charge >= 0.3 is 0 Å². The smallest absolute Gasteiger partial charge is 0.0363 e. The van der Waals surface area contributed by atoms with E-state index in [4.69, 9.17) is 0 Å². The van der Waals surface area contributed by atoms with Crippen molar-refractivity contribution in [1.29, 1.82) is 0 Å². The molecule has 5 atom stereocenters. The molecule has 1 saturated carbocycles. The van der Waals surface area contributed by atoms with Crippen LogP contribution in [0, 0.1) is 35.5 Å². The van der Waals surface area contributed by atoms with Gasteiger partial charge in [-0.1, -0.05) is 80.1 Å². The predicted octanol–water partition coefficient (Wildman–Crippen LogP) is 6.94. The van der Waals surface area contributed by atoms with Crippen LogP contribution in [0.3, 0.4) is 0 Å². The van der Waals surface area contributed by atoms with Crippen molar-refractivity contribution in [3.8, 4) is 0 Å². The summed E-state index contributed by atoms with van der Waals surface area (Å²) in [4.78, 5) is 0. The van der Waals surface area contributed by atoms with Crippen molar-refractivity contribution in [1.82, 2.24) is 0 Å². The monoisotopic (exact) mass is 280 g/mol. The van der Waals surface area contributed by atoms with Crippen LogP contribution in [0.4, 0.5) is 0 Å². The average Bonchev–Trinajstić information content (AvgIpc) is 2.48. The molecule has 1 aliphatic rings. The average molecular weight is 281 g/mol. The van der Waals surface area contributed by atoms with Crippen molar-refractivity contribution in [2.24, 2.45) is 35.5 Å². The van der Waals surface area contributed by atoms with Crippen LogP contribution in [0.15, 0.2) is 0 Å². The summed E-state index contributed by atoms with van der Waals surface area (Å²) in [7, 11) is 0. The zero-order valence-electron chi connectivity index (χ0n) is 15.1. The Kier molecular flexibility index (Phi) is 8.22. The Hall–Kier alpha value is 0. The first-order valence-electron chi connectivity index (χ1n) is 9.45. The van der Waals surface area contributed by atoms with Crippen LogP contribution in [0.2, 0.25) is 0 Å². The molecule has 0 aromatic carbocycles. The number of hydrogen-bond acceptors (Lipinski definition) is 0. The maximum Gasteiger partial charge on any atom is -0.0363 e. The maximum atomic E-state index is 2.50. The largest absolute Gasteiger partial charge is 0.0651 e. The molecule has 120 valence electrons. The summed E-state index contributed by atoms with van der Waals surface area (Å²) >= 11 is 0. The van der Waals surface area contributed by atoms with Gasteiger partial charge in [0, 0.05) is 0 Å². The zero-order chi connectivity index (χ0) is 15.1. The van der Waals surface area contributed by atoms with E-state index in [1.165, 1.54) is 51.4 Å². The summed E-state index contributed by atoms with van der Waals surface area (Å²) in [6.45, 7) is 14.7. The van der Waals surface area contributed by atoms with Crippen LogP contribution in [0.1, 0.15) is 92.9 Å². The Balaban J connectivity index is 2.68. The first kappa shape index (κ1) is 18.1. The van der Waals surface area contributed by atoms with Crippen molar-refractivity contribution in [2.45, 2.75) is 92.9 Å². The molecule has 0 bridgehead atoms. The van der Waals surface area contributed by atoms with E-state index in [9.17, 15) is 0 Å². The van der Waals surface area contributed by atoms with Gasteiger partial charge in [0.2, 0.25) is 0 Å². The summed E-state index contributed by atoms with van der Waals surface area (Å²) < 4.78 is 0. The minimum absolute atomic E-state index is 0.873. The van der Waals surface area contributed by atoms with Crippen molar-refractivity contribution in [3.63, 3.8) is 0 Å². The highest BCUT2D eigenvalue weighted by Gasteiger charge is 2.28. The maximum absolute atomic E-state index is 2.50. The molecule has 1 rings (SSSR count). The Morgan fingerprint density at radius 2 is 1.45 bits per heavy atom. The highest BCUT2D eigenvalue weighted by Crippen LogP contribution is 2.38. The minimum Gasteiger partial charge on any atom is -0.0651 e. The molecule has 1 aliphatic carbocycles. The van der Waals surface area contributed by atoms with Gasteiger partial charge in [0.15, 0.2) is 0 Å². The van der Waals surface area contributed by atoms with E-state index in [2.05, 4.69) is 41.5 Å². The summed E-state index contributed by atoms with van der Waals surface area (Å²) in [5, 5.41) is 0. The van der Waals surface area contributed by atoms with Gasteiger partial charge in [-0.25, -0.2) is 0 Å². The van der Waals surface area contributed by atoms with E-state index in [1.807, 2.05) is 0 Å². The van der Waals surface area contributed by atoms with E-state index in [1.54, 1.807) is 0 Å². The highest BCUT2D eigenvalue weighted by molar-refractivity contribution is 4.78. The van der Waals surface area contributed by atoms with Gasteiger partial charge in [-0.15, -0.1) is 0 Å². The molecular formula is C20H40. The van der Waals surface area contributed by atoms with Crippen LogP contribution in [-0.2, 0) is 0 Å². The van der Waals surface area contributed by atoms with Crippen molar-refractivity contribution >= 4 is 0 Å². The highest BCUT2D eigenvalue weighted by atomic mass is 14.3.